The normalized spacial score (nSPS) is 17.4. The lowest BCUT2D eigenvalue weighted by Gasteiger charge is -2.24. The predicted octanol–water partition coefficient (Wildman–Crippen LogP) is 4.94. The third kappa shape index (κ3) is 4.22. The molecule has 0 aliphatic carbocycles. The number of benzene rings is 2. The molecule has 1 atom stereocenters. The first-order valence-electron chi connectivity index (χ1n) is 10.6. The molecular formula is C26H23FN2O4. The van der Waals surface area contributed by atoms with Crippen LogP contribution >= 0.6 is 0 Å². The van der Waals surface area contributed by atoms with Crippen molar-refractivity contribution in [2.45, 2.75) is 26.3 Å². The molecular weight excluding hydrogens is 423 g/mol. The third-order valence-corrected chi connectivity index (χ3v) is 5.44. The predicted molar refractivity (Wildman–Crippen MR) is 122 cm³/mol. The van der Waals surface area contributed by atoms with Gasteiger partial charge in [0.2, 0.25) is 0 Å². The van der Waals surface area contributed by atoms with Crippen LogP contribution in [-0.2, 0) is 9.59 Å². The van der Waals surface area contributed by atoms with Gasteiger partial charge in [-0.05, 0) is 66.9 Å². The fourth-order valence-electron chi connectivity index (χ4n) is 3.85. The van der Waals surface area contributed by atoms with Gasteiger partial charge in [-0.3, -0.25) is 14.5 Å². The zero-order valence-electron chi connectivity index (χ0n) is 18.3. The van der Waals surface area contributed by atoms with Gasteiger partial charge in [0.25, 0.3) is 5.78 Å². The summed E-state index contributed by atoms with van der Waals surface area (Å²) in [5.74, 6) is -1.48. The molecule has 1 aromatic heterocycles. The van der Waals surface area contributed by atoms with Gasteiger partial charge >= 0.3 is 5.91 Å². The van der Waals surface area contributed by atoms with Crippen LogP contribution in [0.4, 0.5) is 10.2 Å². The average molecular weight is 446 g/mol. The standard InChI is InChI=1S/C26H23FN2O4/c1-3-14-33-20-12-9-18(15-16(20)2)24(30)22-23(17-7-10-19(27)11-8-17)29(26(32)25(22)31)21-6-4-5-13-28-21/h4-13,15,23,30H,3,14H2,1-2H3. The Morgan fingerprint density at radius 1 is 1.12 bits per heavy atom. The molecule has 4 rings (SSSR count). The molecule has 1 aliphatic rings. The molecule has 2 heterocycles. The quantitative estimate of drug-likeness (QED) is 0.329. The lowest BCUT2D eigenvalue weighted by molar-refractivity contribution is -0.132. The van der Waals surface area contributed by atoms with Gasteiger partial charge in [-0.1, -0.05) is 25.1 Å². The number of hydrogen-bond acceptors (Lipinski definition) is 5. The summed E-state index contributed by atoms with van der Waals surface area (Å²) < 4.78 is 19.3. The molecule has 1 saturated heterocycles. The summed E-state index contributed by atoms with van der Waals surface area (Å²) in [5, 5.41) is 11.2. The molecule has 0 radical (unpaired) electrons. The summed E-state index contributed by atoms with van der Waals surface area (Å²) in [5.41, 5.74) is 1.55. The molecule has 1 N–H and O–H groups in total. The molecule has 6 nitrogen and oxygen atoms in total. The van der Waals surface area contributed by atoms with E-state index in [1.54, 1.807) is 36.4 Å². The first-order valence-corrected chi connectivity index (χ1v) is 10.6. The SMILES string of the molecule is CCCOc1ccc(C(O)=C2C(=O)C(=O)N(c3ccccn3)C2c2ccc(F)cc2)cc1C. The van der Waals surface area contributed by atoms with E-state index < -0.39 is 23.5 Å². The zero-order valence-corrected chi connectivity index (χ0v) is 18.3. The van der Waals surface area contributed by atoms with Crippen molar-refractivity contribution >= 4 is 23.3 Å². The van der Waals surface area contributed by atoms with Crippen molar-refractivity contribution in [1.82, 2.24) is 4.98 Å². The van der Waals surface area contributed by atoms with E-state index in [1.807, 2.05) is 13.8 Å². The number of ether oxygens (including phenoxy) is 1. The number of aliphatic hydroxyl groups excluding tert-OH is 1. The molecule has 3 aromatic rings. The average Bonchev–Trinajstić information content (AvgIpc) is 3.09. The minimum Gasteiger partial charge on any atom is -0.507 e. The van der Waals surface area contributed by atoms with Crippen LogP contribution in [0.2, 0.25) is 0 Å². The van der Waals surface area contributed by atoms with Crippen LogP contribution in [0.1, 0.15) is 36.1 Å². The van der Waals surface area contributed by atoms with Gasteiger partial charge in [-0.15, -0.1) is 0 Å². The number of aliphatic hydroxyl groups is 1. The Bertz CT molecular complexity index is 1220. The number of carbonyl (C=O) groups is 2. The summed E-state index contributed by atoms with van der Waals surface area (Å²) in [6.45, 7) is 4.41. The van der Waals surface area contributed by atoms with E-state index in [1.165, 1.54) is 35.4 Å². The maximum Gasteiger partial charge on any atom is 0.301 e. The van der Waals surface area contributed by atoms with Gasteiger partial charge in [-0.2, -0.15) is 0 Å². The van der Waals surface area contributed by atoms with E-state index in [0.717, 1.165) is 12.0 Å². The Kier molecular flexibility index (Phi) is 6.22. The lowest BCUT2D eigenvalue weighted by Crippen LogP contribution is -2.30. The smallest absolute Gasteiger partial charge is 0.301 e. The molecule has 0 saturated carbocycles. The number of hydrogen-bond donors (Lipinski definition) is 1. The van der Waals surface area contributed by atoms with Crippen molar-refractivity contribution in [3.63, 3.8) is 0 Å². The number of carbonyl (C=O) groups excluding carboxylic acids is 2. The Labute approximate surface area is 191 Å². The van der Waals surface area contributed by atoms with E-state index in [0.29, 0.717) is 23.5 Å². The van der Waals surface area contributed by atoms with Gasteiger partial charge in [-0.25, -0.2) is 9.37 Å². The summed E-state index contributed by atoms with van der Waals surface area (Å²) in [7, 11) is 0. The van der Waals surface area contributed by atoms with Crippen LogP contribution in [0.15, 0.2) is 72.4 Å². The number of anilines is 1. The van der Waals surface area contributed by atoms with Gasteiger partial charge in [0.1, 0.15) is 23.1 Å². The molecule has 0 bridgehead atoms. The van der Waals surface area contributed by atoms with Crippen molar-refractivity contribution in [3.05, 3.63) is 94.9 Å². The summed E-state index contributed by atoms with van der Waals surface area (Å²) >= 11 is 0. The van der Waals surface area contributed by atoms with E-state index in [2.05, 4.69) is 4.98 Å². The topological polar surface area (TPSA) is 79.7 Å². The number of Topliss-reactive ketones (excluding diaryl/α,β-unsaturated/α-hetero) is 1. The first-order chi connectivity index (χ1) is 15.9. The number of halogens is 1. The van der Waals surface area contributed by atoms with Crippen LogP contribution in [0.3, 0.4) is 0 Å². The molecule has 2 aromatic carbocycles. The van der Waals surface area contributed by atoms with Gasteiger partial charge in [0, 0.05) is 11.8 Å². The molecule has 0 spiro atoms. The van der Waals surface area contributed by atoms with Crippen molar-refractivity contribution in [3.8, 4) is 5.75 Å². The zero-order chi connectivity index (χ0) is 23.5. The second-order valence-electron chi connectivity index (χ2n) is 7.74. The molecule has 1 amide bonds. The minimum atomic E-state index is -0.961. The molecule has 7 heteroatoms. The summed E-state index contributed by atoms with van der Waals surface area (Å²) in [4.78, 5) is 31.6. The highest BCUT2D eigenvalue weighted by Crippen LogP contribution is 2.41. The Morgan fingerprint density at radius 2 is 1.88 bits per heavy atom. The number of rotatable bonds is 6. The highest BCUT2D eigenvalue weighted by molar-refractivity contribution is 6.51. The minimum absolute atomic E-state index is 0.0844. The van der Waals surface area contributed by atoms with Gasteiger partial charge in [0.15, 0.2) is 0 Å². The number of ketones is 1. The van der Waals surface area contributed by atoms with Crippen LogP contribution in [0.25, 0.3) is 5.76 Å². The second-order valence-corrected chi connectivity index (χ2v) is 7.74. The maximum absolute atomic E-state index is 13.6. The maximum atomic E-state index is 13.6. The van der Waals surface area contributed by atoms with E-state index in [-0.39, 0.29) is 17.2 Å². The summed E-state index contributed by atoms with van der Waals surface area (Å²) in [6.07, 6.45) is 2.37. The number of nitrogens with zero attached hydrogens (tertiary/aromatic N) is 2. The highest BCUT2D eigenvalue weighted by atomic mass is 19.1. The number of aryl methyl sites for hydroxylation is 1. The first kappa shape index (κ1) is 22.2. The summed E-state index contributed by atoms with van der Waals surface area (Å²) in [6, 6.07) is 14.6. The van der Waals surface area contributed by atoms with Crippen LogP contribution in [0.5, 0.6) is 5.75 Å². The largest absolute Gasteiger partial charge is 0.507 e. The van der Waals surface area contributed by atoms with Crippen molar-refractivity contribution in [2.24, 2.45) is 0 Å². The van der Waals surface area contributed by atoms with Crippen LogP contribution in [0, 0.1) is 12.7 Å². The Morgan fingerprint density at radius 3 is 2.52 bits per heavy atom. The molecule has 1 aliphatic heterocycles. The third-order valence-electron chi connectivity index (χ3n) is 5.44. The van der Waals surface area contributed by atoms with Crippen LogP contribution < -0.4 is 9.64 Å². The van der Waals surface area contributed by atoms with Crippen molar-refractivity contribution in [2.75, 3.05) is 11.5 Å². The number of aromatic nitrogens is 1. The lowest BCUT2D eigenvalue weighted by atomic mass is 9.94. The van der Waals surface area contributed by atoms with Gasteiger partial charge in [0.05, 0.1) is 18.2 Å². The number of amides is 1. The monoisotopic (exact) mass is 446 g/mol. The Hall–Kier alpha value is -4.00. The van der Waals surface area contributed by atoms with E-state index >= 15 is 0 Å². The molecule has 168 valence electrons. The molecule has 1 fully saturated rings. The second kappa shape index (κ2) is 9.24. The van der Waals surface area contributed by atoms with Gasteiger partial charge < -0.3 is 9.84 Å². The van der Waals surface area contributed by atoms with E-state index in [4.69, 9.17) is 4.74 Å². The van der Waals surface area contributed by atoms with Crippen molar-refractivity contribution < 1.29 is 23.8 Å². The van der Waals surface area contributed by atoms with Crippen LogP contribution in [-0.4, -0.2) is 28.4 Å². The molecule has 33 heavy (non-hydrogen) atoms. The fraction of sp³-hybridized carbons (Fsp3) is 0.192. The number of pyridine rings is 1. The fourth-order valence-corrected chi connectivity index (χ4v) is 3.85. The van der Waals surface area contributed by atoms with E-state index in [9.17, 15) is 19.1 Å². The van der Waals surface area contributed by atoms with Crippen molar-refractivity contribution in [1.29, 1.82) is 0 Å². The Balaban J connectivity index is 1.86. The highest BCUT2D eigenvalue weighted by Gasteiger charge is 2.47. The molecule has 1 unspecified atom stereocenters.